The molecule has 1 nitrogen and oxygen atoms in total. The fourth-order valence-electron chi connectivity index (χ4n) is 3.08. The van der Waals surface area contributed by atoms with Crippen molar-refractivity contribution in [1.29, 1.82) is 0 Å². The molecule has 2 unspecified atom stereocenters. The zero-order valence-corrected chi connectivity index (χ0v) is 14.6. The van der Waals surface area contributed by atoms with E-state index in [-0.39, 0.29) is 0 Å². The number of aryl methyl sites for hydroxylation is 1. The smallest absolute Gasteiger partial charge is 0.0110 e. The lowest BCUT2D eigenvalue weighted by molar-refractivity contribution is 0.347. The fourth-order valence-corrected chi connectivity index (χ4v) is 3.08. The van der Waals surface area contributed by atoms with E-state index >= 15 is 0 Å². The van der Waals surface area contributed by atoms with Gasteiger partial charge in [0.25, 0.3) is 0 Å². The van der Waals surface area contributed by atoms with Gasteiger partial charge in [0.2, 0.25) is 0 Å². The van der Waals surface area contributed by atoms with Crippen LogP contribution in [0.4, 0.5) is 0 Å². The third-order valence-corrected chi connectivity index (χ3v) is 4.57. The zero-order chi connectivity index (χ0) is 15.5. The first-order valence-corrected chi connectivity index (χ1v) is 8.99. The van der Waals surface area contributed by atoms with Crippen LogP contribution in [0.3, 0.4) is 0 Å². The van der Waals surface area contributed by atoms with Gasteiger partial charge >= 0.3 is 0 Å². The summed E-state index contributed by atoms with van der Waals surface area (Å²) in [4.78, 5) is 0. The lowest BCUT2D eigenvalue weighted by Crippen LogP contribution is -2.34. The van der Waals surface area contributed by atoms with Crippen molar-refractivity contribution in [2.45, 2.75) is 78.7 Å². The lowest BCUT2D eigenvalue weighted by atomic mass is 9.88. The van der Waals surface area contributed by atoms with Gasteiger partial charge in [0.15, 0.2) is 0 Å². The molecule has 120 valence electrons. The van der Waals surface area contributed by atoms with E-state index in [2.05, 4.69) is 57.3 Å². The predicted molar refractivity (Wildman–Crippen MR) is 94.9 cm³/mol. The van der Waals surface area contributed by atoms with Crippen LogP contribution in [0.1, 0.15) is 70.4 Å². The highest BCUT2D eigenvalue weighted by Crippen LogP contribution is 2.21. The van der Waals surface area contributed by atoms with Crippen LogP contribution in [-0.2, 0) is 6.42 Å². The van der Waals surface area contributed by atoms with Gasteiger partial charge in [-0.1, -0.05) is 70.7 Å². The monoisotopic (exact) mass is 289 g/mol. The van der Waals surface area contributed by atoms with Crippen LogP contribution in [0.25, 0.3) is 0 Å². The fraction of sp³-hybridized carbons (Fsp3) is 0.700. The molecule has 1 aromatic carbocycles. The zero-order valence-electron chi connectivity index (χ0n) is 14.6. The number of benzene rings is 1. The Balaban J connectivity index is 2.63. The SMILES string of the molecule is CCCCC(CC)CC(Cc1ccccc1C)NCCC. The maximum atomic E-state index is 3.79. The van der Waals surface area contributed by atoms with Crippen LogP contribution in [0.15, 0.2) is 24.3 Å². The molecule has 1 heteroatoms. The van der Waals surface area contributed by atoms with Crippen molar-refractivity contribution in [2.24, 2.45) is 5.92 Å². The van der Waals surface area contributed by atoms with Crippen LogP contribution in [-0.4, -0.2) is 12.6 Å². The summed E-state index contributed by atoms with van der Waals surface area (Å²) < 4.78 is 0. The predicted octanol–water partition coefficient (Wildman–Crippen LogP) is 5.51. The van der Waals surface area contributed by atoms with Crippen LogP contribution >= 0.6 is 0 Å². The van der Waals surface area contributed by atoms with E-state index < -0.39 is 0 Å². The van der Waals surface area contributed by atoms with E-state index in [1.807, 2.05) is 0 Å². The Morgan fingerprint density at radius 2 is 1.81 bits per heavy atom. The Bertz CT molecular complexity index is 372. The highest BCUT2D eigenvalue weighted by Gasteiger charge is 2.15. The Labute approximate surface area is 132 Å². The normalized spacial score (nSPS) is 14.1. The van der Waals surface area contributed by atoms with Gasteiger partial charge in [-0.3, -0.25) is 0 Å². The Morgan fingerprint density at radius 1 is 1.05 bits per heavy atom. The van der Waals surface area contributed by atoms with Crippen molar-refractivity contribution < 1.29 is 0 Å². The summed E-state index contributed by atoms with van der Waals surface area (Å²) >= 11 is 0. The number of nitrogens with one attached hydrogen (secondary N) is 1. The first kappa shape index (κ1) is 18.2. The van der Waals surface area contributed by atoms with E-state index in [1.165, 1.54) is 56.1 Å². The second kappa shape index (κ2) is 10.8. The molecule has 0 fully saturated rings. The molecule has 0 bridgehead atoms. The van der Waals surface area contributed by atoms with Crippen LogP contribution < -0.4 is 5.32 Å². The van der Waals surface area contributed by atoms with Crippen molar-refractivity contribution in [3.63, 3.8) is 0 Å². The molecular formula is C20H35N. The van der Waals surface area contributed by atoms with Crippen molar-refractivity contribution >= 4 is 0 Å². The summed E-state index contributed by atoms with van der Waals surface area (Å²) in [7, 11) is 0. The van der Waals surface area contributed by atoms with E-state index in [1.54, 1.807) is 0 Å². The summed E-state index contributed by atoms with van der Waals surface area (Å²) in [6.45, 7) is 10.3. The molecule has 0 spiro atoms. The second-order valence-electron chi connectivity index (χ2n) is 6.43. The lowest BCUT2D eigenvalue weighted by Gasteiger charge is -2.24. The molecule has 0 saturated carbocycles. The van der Waals surface area contributed by atoms with Gasteiger partial charge in [0.05, 0.1) is 0 Å². The molecule has 21 heavy (non-hydrogen) atoms. The number of hydrogen-bond donors (Lipinski definition) is 1. The highest BCUT2D eigenvalue weighted by molar-refractivity contribution is 5.26. The summed E-state index contributed by atoms with van der Waals surface area (Å²) in [6, 6.07) is 9.48. The molecule has 1 aromatic rings. The highest BCUT2D eigenvalue weighted by atomic mass is 14.9. The van der Waals surface area contributed by atoms with E-state index in [0.29, 0.717) is 6.04 Å². The maximum Gasteiger partial charge on any atom is 0.0110 e. The van der Waals surface area contributed by atoms with E-state index in [9.17, 15) is 0 Å². The summed E-state index contributed by atoms with van der Waals surface area (Å²) in [5.74, 6) is 0.878. The summed E-state index contributed by atoms with van der Waals surface area (Å²) in [5.41, 5.74) is 2.94. The topological polar surface area (TPSA) is 12.0 Å². The third-order valence-electron chi connectivity index (χ3n) is 4.57. The molecular weight excluding hydrogens is 254 g/mol. The second-order valence-corrected chi connectivity index (χ2v) is 6.43. The number of rotatable bonds is 11. The van der Waals surface area contributed by atoms with Gasteiger partial charge in [-0.05, 0) is 49.8 Å². The molecule has 0 aliphatic rings. The summed E-state index contributed by atoms with van der Waals surface area (Å²) in [5, 5.41) is 3.79. The van der Waals surface area contributed by atoms with Crippen molar-refractivity contribution in [1.82, 2.24) is 5.32 Å². The van der Waals surface area contributed by atoms with Gasteiger partial charge in [0, 0.05) is 6.04 Å². The molecule has 0 heterocycles. The Hall–Kier alpha value is -0.820. The van der Waals surface area contributed by atoms with Gasteiger partial charge in [-0.25, -0.2) is 0 Å². The summed E-state index contributed by atoms with van der Waals surface area (Å²) in [6.07, 6.45) is 9.13. The van der Waals surface area contributed by atoms with Gasteiger partial charge in [0.1, 0.15) is 0 Å². The minimum absolute atomic E-state index is 0.632. The Morgan fingerprint density at radius 3 is 2.43 bits per heavy atom. The standard InChI is InChI=1S/C20H35N/c1-5-8-12-18(7-3)15-20(21-14-6-2)16-19-13-10-9-11-17(19)4/h9-11,13,18,20-21H,5-8,12,14-16H2,1-4H3. The largest absolute Gasteiger partial charge is 0.314 e. The molecule has 0 saturated heterocycles. The number of unbranched alkanes of at least 4 members (excludes halogenated alkanes) is 1. The molecule has 0 aliphatic heterocycles. The average molecular weight is 290 g/mol. The molecule has 0 radical (unpaired) electrons. The average Bonchev–Trinajstić information content (AvgIpc) is 2.50. The van der Waals surface area contributed by atoms with Crippen molar-refractivity contribution in [3.05, 3.63) is 35.4 Å². The number of hydrogen-bond acceptors (Lipinski definition) is 1. The van der Waals surface area contributed by atoms with Crippen LogP contribution in [0.5, 0.6) is 0 Å². The molecule has 0 aliphatic carbocycles. The van der Waals surface area contributed by atoms with Gasteiger partial charge in [-0.15, -0.1) is 0 Å². The Kier molecular flexibility index (Phi) is 9.41. The molecule has 1 N–H and O–H groups in total. The quantitative estimate of drug-likeness (QED) is 0.566. The van der Waals surface area contributed by atoms with E-state index in [4.69, 9.17) is 0 Å². The molecule has 0 amide bonds. The molecule has 2 atom stereocenters. The van der Waals surface area contributed by atoms with Crippen LogP contribution in [0, 0.1) is 12.8 Å². The minimum atomic E-state index is 0.632. The maximum absolute atomic E-state index is 3.79. The third kappa shape index (κ3) is 7.13. The van der Waals surface area contributed by atoms with Gasteiger partial charge in [-0.2, -0.15) is 0 Å². The first-order chi connectivity index (χ1) is 10.2. The minimum Gasteiger partial charge on any atom is -0.314 e. The van der Waals surface area contributed by atoms with Crippen molar-refractivity contribution in [3.8, 4) is 0 Å². The van der Waals surface area contributed by atoms with Crippen LogP contribution in [0.2, 0.25) is 0 Å². The van der Waals surface area contributed by atoms with E-state index in [0.717, 1.165) is 12.5 Å². The molecule has 1 rings (SSSR count). The first-order valence-electron chi connectivity index (χ1n) is 8.99. The van der Waals surface area contributed by atoms with Gasteiger partial charge < -0.3 is 5.32 Å². The van der Waals surface area contributed by atoms with Crippen molar-refractivity contribution in [2.75, 3.05) is 6.54 Å². The molecule has 0 aromatic heterocycles.